The molecule has 3 amide bonds. The summed E-state index contributed by atoms with van der Waals surface area (Å²) in [6.07, 6.45) is -1.37. The van der Waals surface area contributed by atoms with Gasteiger partial charge in [0.05, 0.1) is 17.9 Å². The van der Waals surface area contributed by atoms with E-state index in [1.165, 1.54) is 4.90 Å². The number of halogens is 1. The molecule has 2 N–H and O–H groups in total. The van der Waals surface area contributed by atoms with Crippen molar-refractivity contribution in [1.29, 1.82) is 0 Å². The zero-order chi connectivity index (χ0) is 21.3. The predicted molar refractivity (Wildman–Crippen MR) is 110 cm³/mol. The maximum atomic E-state index is 12.8. The van der Waals surface area contributed by atoms with E-state index in [0.717, 1.165) is 4.47 Å². The molecule has 0 bridgehead atoms. The number of benzene rings is 1. The number of carbonyl (C=O) groups is 3. The van der Waals surface area contributed by atoms with Gasteiger partial charge in [0, 0.05) is 4.47 Å². The van der Waals surface area contributed by atoms with Crippen LogP contribution in [0.25, 0.3) is 0 Å². The Labute approximate surface area is 173 Å². The SMILES string of the molecule is CC(C)(C)OC(=O)N[C@H]1CN(C(=O)OC(C)(C)C)c2ccc(Br)cc2NC1=O. The van der Waals surface area contributed by atoms with Gasteiger partial charge in [0.2, 0.25) is 5.91 Å². The van der Waals surface area contributed by atoms with E-state index in [-0.39, 0.29) is 6.54 Å². The van der Waals surface area contributed by atoms with Crippen molar-refractivity contribution in [3.05, 3.63) is 22.7 Å². The number of carbonyl (C=O) groups excluding carboxylic acids is 3. The molecule has 1 atom stereocenters. The number of nitrogens with zero attached hydrogens (tertiary/aromatic N) is 1. The highest BCUT2D eigenvalue weighted by Crippen LogP contribution is 2.32. The van der Waals surface area contributed by atoms with Crippen molar-refractivity contribution in [2.24, 2.45) is 0 Å². The first-order valence-electron chi connectivity index (χ1n) is 8.85. The molecule has 1 aliphatic rings. The number of nitrogens with one attached hydrogen (secondary N) is 2. The molecule has 0 fully saturated rings. The van der Waals surface area contributed by atoms with Crippen LogP contribution >= 0.6 is 15.9 Å². The van der Waals surface area contributed by atoms with Gasteiger partial charge in [-0.25, -0.2) is 9.59 Å². The third-order valence-corrected chi connectivity index (χ3v) is 3.99. The molecule has 0 spiro atoms. The number of ether oxygens (including phenoxy) is 2. The van der Waals surface area contributed by atoms with E-state index in [1.54, 1.807) is 59.7 Å². The number of alkyl carbamates (subject to hydrolysis) is 1. The molecule has 0 radical (unpaired) electrons. The number of hydrogen-bond acceptors (Lipinski definition) is 5. The largest absolute Gasteiger partial charge is 0.444 e. The predicted octanol–water partition coefficient (Wildman–Crippen LogP) is 4.04. The average molecular weight is 456 g/mol. The number of amides is 3. The second-order valence-corrected chi connectivity index (χ2v) is 9.36. The van der Waals surface area contributed by atoms with Crippen LogP contribution in [0.5, 0.6) is 0 Å². The topological polar surface area (TPSA) is 97.0 Å². The van der Waals surface area contributed by atoms with E-state index in [9.17, 15) is 14.4 Å². The zero-order valence-corrected chi connectivity index (χ0v) is 18.5. The third-order valence-electron chi connectivity index (χ3n) is 3.49. The van der Waals surface area contributed by atoms with Gasteiger partial charge in [-0.05, 0) is 59.7 Å². The summed E-state index contributed by atoms with van der Waals surface area (Å²) in [6, 6.07) is 4.11. The second kappa shape index (κ2) is 7.98. The quantitative estimate of drug-likeness (QED) is 0.665. The summed E-state index contributed by atoms with van der Waals surface area (Å²) in [4.78, 5) is 38.9. The second-order valence-electron chi connectivity index (χ2n) is 8.44. The fourth-order valence-corrected chi connectivity index (χ4v) is 2.84. The molecule has 1 aromatic rings. The van der Waals surface area contributed by atoms with Gasteiger partial charge in [-0.2, -0.15) is 0 Å². The molecule has 0 saturated heterocycles. The van der Waals surface area contributed by atoms with Crippen molar-refractivity contribution < 1.29 is 23.9 Å². The van der Waals surface area contributed by atoms with Crippen molar-refractivity contribution in [3.63, 3.8) is 0 Å². The highest BCUT2D eigenvalue weighted by molar-refractivity contribution is 9.10. The van der Waals surface area contributed by atoms with Crippen LogP contribution < -0.4 is 15.5 Å². The fourth-order valence-electron chi connectivity index (χ4n) is 2.48. The van der Waals surface area contributed by atoms with E-state index in [1.807, 2.05) is 0 Å². The molecular weight excluding hydrogens is 430 g/mol. The monoisotopic (exact) mass is 455 g/mol. The fraction of sp³-hybridized carbons (Fsp3) is 0.526. The third kappa shape index (κ3) is 6.12. The van der Waals surface area contributed by atoms with Gasteiger partial charge in [-0.3, -0.25) is 9.69 Å². The highest BCUT2D eigenvalue weighted by Gasteiger charge is 2.35. The first-order valence-corrected chi connectivity index (χ1v) is 9.65. The van der Waals surface area contributed by atoms with Crippen molar-refractivity contribution in [2.75, 3.05) is 16.8 Å². The van der Waals surface area contributed by atoms with E-state index in [2.05, 4.69) is 26.6 Å². The molecule has 1 aliphatic heterocycles. The minimum atomic E-state index is -1.02. The molecule has 0 unspecified atom stereocenters. The van der Waals surface area contributed by atoms with Crippen LogP contribution in [0.15, 0.2) is 22.7 Å². The normalized spacial score (nSPS) is 17.2. The van der Waals surface area contributed by atoms with Gasteiger partial charge in [-0.1, -0.05) is 15.9 Å². The van der Waals surface area contributed by atoms with Crippen molar-refractivity contribution in [2.45, 2.75) is 58.8 Å². The number of fused-ring (bicyclic) bond motifs is 1. The van der Waals surface area contributed by atoms with Gasteiger partial charge in [0.1, 0.15) is 17.2 Å². The maximum absolute atomic E-state index is 12.8. The van der Waals surface area contributed by atoms with Crippen molar-refractivity contribution in [1.82, 2.24) is 5.32 Å². The lowest BCUT2D eigenvalue weighted by Gasteiger charge is -2.29. The minimum absolute atomic E-state index is 0.103. The Morgan fingerprint density at radius 2 is 1.75 bits per heavy atom. The average Bonchev–Trinajstić information content (AvgIpc) is 2.60. The van der Waals surface area contributed by atoms with Gasteiger partial charge in [0.15, 0.2) is 0 Å². The minimum Gasteiger partial charge on any atom is -0.444 e. The molecule has 0 aliphatic carbocycles. The maximum Gasteiger partial charge on any atom is 0.414 e. The summed E-state index contributed by atoms with van der Waals surface area (Å²) in [7, 11) is 0. The molecule has 0 aromatic heterocycles. The number of hydrogen-bond donors (Lipinski definition) is 2. The molecule has 154 valence electrons. The van der Waals surface area contributed by atoms with Crippen LogP contribution in [0.1, 0.15) is 41.5 Å². The van der Waals surface area contributed by atoms with Crippen LogP contribution in [-0.2, 0) is 14.3 Å². The standard InChI is InChI=1S/C19H26BrN3O5/c1-18(2,3)27-16(25)22-13-10-23(17(26)28-19(4,5)6)14-8-7-11(20)9-12(14)21-15(13)24/h7-9,13H,10H2,1-6H3,(H,21,24)(H,22,25)/t13-/m0/s1. The molecule has 0 saturated carbocycles. The summed E-state index contributed by atoms with van der Waals surface area (Å²) in [5.41, 5.74) is -0.535. The van der Waals surface area contributed by atoms with Crippen molar-refractivity contribution in [3.8, 4) is 0 Å². The Kier molecular flexibility index (Phi) is 6.27. The number of anilines is 2. The Balaban J connectivity index is 2.34. The first-order chi connectivity index (χ1) is 12.7. The lowest BCUT2D eigenvalue weighted by atomic mass is 10.2. The van der Waals surface area contributed by atoms with E-state index < -0.39 is 35.3 Å². The Morgan fingerprint density at radius 3 is 2.32 bits per heavy atom. The molecular formula is C19H26BrN3O5. The van der Waals surface area contributed by atoms with Crippen LogP contribution in [-0.4, -0.2) is 41.9 Å². The Hall–Kier alpha value is -2.29. The van der Waals surface area contributed by atoms with Crippen LogP contribution in [0.4, 0.5) is 21.0 Å². The Bertz CT molecular complexity index is 783. The number of rotatable bonds is 1. The van der Waals surface area contributed by atoms with Gasteiger partial charge < -0.3 is 20.1 Å². The first kappa shape index (κ1) is 22.0. The lowest BCUT2D eigenvalue weighted by Crippen LogP contribution is -2.52. The molecule has 8 nitrogen and oxygen atoms in total. The van der Waals surface area contributed by atoms with Crippen LogP contribution in [0.3, 0.4) is 0 Å². The molecule has 1 aromatic carbocycles. The van der Waals surface area contributed by atoms with Gasteiger partial charge in [-0.15, -0.1) is 0 Å². The van der Waals surface area contributed by atoms with Crippen LogP contribution in [0.2, 0.25) is 0 Å². The summed E-state index contributed by atoms with van der Waals surface area (Å²) >= 11 is 3.35. The smallest absolute Gasteiger partial charge is 0.414 e. The summed E-state index contributed by atoms with van der Waals surface area (Å²) in [5, 5.41) is 5.27. The highest BCUT2D eigenvalue weighted by atomic mass is 79.9. The van der Waals surface area contributed by atoms with Gasteiger partial charge >= 0.3 is 12.2 Å². The summed E-state index contributed by atoms with van der Waals surface area (Å²) in [6.45, 7) is 10.3. The molecule has 2 rings (SSSR count). The van der Waals surface area contributed by atoms with Gasteiger partial charge in [0.25, 0.3) is 0 Å². The van der Waals surface area contributed by atoms with Crippen molar-refractivity contribution >= 4 is 45.4 Å². The van der Waals surface area contributed by atoms with Crippen LogP contribution in [0, 0.1) is 0 Å². The van der Waals surface area contributed by atoms with E-state index >= 15 is 0 Å². The lowest BCUT2D eigenvalue weighted by molar-refractivity contribution is -0.117. The zero-order valence-electron chi connectivity index (χ0n) is 16.9. The molecule has 1 heterocycles. The molecule has 9 heteroatoms. The van der Waals surface area contributed by atoms with E-state index in [0.29, 0.717) is 11.4 Å². The summed E-state index contributed by atoms with van der Waals surface area (Å²) < 4.78 is 11.4. The molecule has 28 heavy (non-hydrogen) atoms. The Morgan fingerprint density at radius 1 is 1.14 bits per heavy atom. The van der Waals surface area contributed by atoms with E-state index in [4.69, 9.17) is 9.47 Å². The summed E-state index contributed by atoms with van der Waals surface area (Å²) in [5.74, 6) is -0.462.